The first-order valence-corrected chi connectivity index (χ1v) is 5.42. The van der Waals surface area contributed by atoms with Crippen LogP contribution in [0.15, 0.2) is 12.5 Å². The number of imidazole rings is 1. The predicted molar refractivity (Wildman–Crippen MR) is 59.1 cm³/mol. The van der Waals surface area contributed by atoms with Crippen LogP contribution in [0, 0.1) is 0 Å². The van der Waals surface area contributed by atoms with Gasteiger partial charge in [-0.2, -0.15) is 0 Å². The lowest BCUT2D eigenvalue weighted by Crippen LogP contribution is -2.39. The molecule has 1 atom stereocenters. The molecule has 16 heavy (non-hydrogen) atoms. The van der Waals surface area contributed by atoms with Crippen LogP contribution in [0.2, 0.25) is 0 Å². The van der Waals surface area contributed by atoms with Gasteiger partial charge in [0.1, 0.15) is 5.60 Å². The zero-order valence-corrected chi connectivity index (χ0v) is 9.86. The second-order valence-corrected chi connectivity index (χ2v) is 5.08. The normalized spacial score (nSPS) is 19.3. The van der Waals surface area contributed by atoms with Crippen molar-refractivity contribution < 1.29 is 9.53 Å². The molecule has 0 spiro atoms. The third-order valence-electron chi connectivity index (χ3n) is 2.39. The minimum absolute atomic E-state index is 0.118. The predicted octanol–water partition coefficient (Wildman–Crippen LogP) is 1.33. The lowest BCUT2D eigenvalue weighted by molar-refractivity contribution is 0.0504. The minimum Gasteiger partial charge on any atom is -0.444 e. The first kappa shape index (κ1) is 11.0. The van der Waals surface area contributed by atoms with E-state index in [1.165, 1.54) is 0 Å². The molecular formula is C11H17N3O2. The monoisotopic (exact) mass is 223 g/mol. The summed E-state index contributed by atoms with van der Waals surface area (Å²) in [6, 6.07) is 0.118. The van der Waals surface area contributed by atoms with Gasteiger partial charge in [0.2, 0.25) is 0 Å². The van der Waals surface area contributed by atoms with Crippen molar-refractivity contribution in [2.75, 3.05) is 0 Å². The second-order valence-electron chi connectivity index (χ2n) is 5.08. The Kier molecular flexibility index (Phi) is 2.61. The van der Waals surface area contributed by atoms with E-state index in [1.54, 1.807) is 6.33 Å². The minimum atomic E-state index is -0.445. The summed E-state index contributed by atoms with van der Waals surface area (Å²) in [4.78, 5) is 15.6. The van der Waals surface area contributed by atoms with E-state index in [1.807, 2.05) is 31.5 Å². The SMILES string of the molecule is CC(C)(C)OC(=O)NC1Cc2cncn2C1. The van der Waals surface area contributed by atoms with E-state index in [0.717, 1.165) is 18.7 Å². The lowest BCUT2D eigenvalue weighted by Gasteiger charge is -2.21. The van der Waals surface area contributed by atoms with Crippen molar-refractivity contribution in [3.05, 3.63) is 18.2 Å². The van der Waals surface area contributed by atoms with Crippen LogP contribution in [0.3, 0.4) is 0 Å². The molecule has 0 saturated heterocycles. The molecule has 5 nitrogen and oxygen atoms in total. The molecule has 1 aliphatic rings. The van der Waals surface area contributed by atoms with Crippen LogP contribution >= 0.6 is 0 Å². The number of rotatable bonds is 1. The summed E-state index contributed by atoms with van der Waals surface area (Å²) in [5.74, 6) is 0. The van der Waals surface area contributed by atoms with Gasteiger partial charge in [0.05, 0.1) is 12.4 Å². The number of hydrogen-bond acceptors (Lipinski definition) is 3. The molecule has 88 valence electrons. The molecule has 1 unspecified atom stereocenters. The van der Waals surface area contributed by atoms with Crippen molar-refractivity contribution in [3.8, 4) is 0 Å². The zero-order chi connectivity index (χ0) is 11.8. The molecule has 2 rings (SSSR count). The lowest BCUT2D eigenvalue weighted by atomic mass is 10.2. The fourth-order valence-corrected chi connectivity index (χ4v) is 1.81. The Morgan fingerprint density at radius 1 is 1.62 bits per heavy atom. The number of hydrogen-bond donors (Lipinski definition) is 1. The third kappa shape index (κ3) is 2.53. The number of alkyl carbamates (subject to hydrolysis) is 1. The van der Waals surface area contributed by atoms with Crippen molar-refractivity contribution in [1.29, 1.82) is 0 Å². The van der Waals surface area contributed by atoms with Crippen molar-refractivity contribution >= 4 is 6.09 Å². The van der Waals surface area contributed by atoms with Gasteiger partial charge in [0, 0.05) is 24.9 Å². The van der Waals surface area contributed by atoms with Crippen molar-refractivity contribution in [3.63, 3.8) is 0 Å². The van der Waals surface area contributed by atoms with Crippen LogP contribution in [0.25, 0.3) is 0 Å². The number of carbonyl (C=O) groups excluding carboxylic acids is 1. The summed E-state index contributed by atoms with van der Waals surface area (Å²) in [6.07, 6.45) is 4.08. The van der Waals surface area contributed by atoms with E-state index in [2.05, 4.69) is 10.3 Å². The van der Waals surface area contributed by atoms with Gasteiger partial charge >= 0.3 is 6.09 Å². The number of amides is 1. The van der Waals surface area contributed by atoms with E-state index >= 15 is 0 Å². The molecule has 0 fully saturated rings. The molecule has 1 aromatic rings. The van der Waals surface area contributed by atoms with E-state index in [4.69, 9.17) is 4.74 Å². The van der Waals surface area contributed by atoms with Crippen molar-refractivity contribution in [1.82, 2.24) is 14.9 Å². The molecule has 5 heteroatoms. The summed E-state index contributed by atoms with van der Waals surface area (Å²) in [5.41, 5.74) is 0.709. The van der Waals surface area contributed by atoms with E-state index in [0.29, 0.717) is 0 Å². The van der Waals surface area contributed by atoms with E-state index in [9.17, 15) is 4.79 Å². The summed E-state index contributed by atoms with van der Waals surface area (Å²) < 4.78 is 7.24. The smallest absolute Gasteiger partial charge is 0.407 e. The average molecular weight is 223 g/mol. The Morgan fingerprint density at radius 3 is 3.00 bits per heavy atom. The Bertz CT molecular complexity index is 372. The van der Waals surface area contributed by atoms with Crippen LogP contribution in [0.5, 0.6) is 0 Å². The highest BCUT2D eigenvalue weighted by Gasteiger charge is 2.25. The summed E-state index contributed by atoms with van der Waals surface area (Å²) in [7, 11) is 0. The standard InChI is InChI=1S/C11H17N3O2/c1-11(2,3)16-10(15)13-8-4-9-5-12-7-14(9)6-8/h5,7-8H,4,6H2,1-3H3,(H,13,15). The Morgan fingerprint density at radius 2 is 2.38 bits per heavy atom. The average Bonchev–Trinajstić information content (AvgIpc) is 2.58. The number of nitrogens with zero attached hydrogens (tertiary/aromatic N) is 2. The highest BCUT2D eigenvalue weighted by atomic mass is 16.6. The molecule has 0 aliphatic carbocycles. The van der Waals surface area contributed by atoms with Gasteiger partial charge < -0.3 is 14.6 Å². The highest BCUT2D eigenvalue weighted by Crippen LogP contribution is 2.14. The maximum absolute atomic E-state index is 11.5. The van der Waals surface area contributed by atoms with Crippen LogP contribution in [0.4, 0.5) is 4.79 Å². The van der Waals surface area contributed by atoms with Gasteiger partial charge in [-0.05, 0) is 20.8 Å². The molecule has 1 N–H and O–H groups in total. The number of nitrogens with one attached hydrogen (secondary N) is 1. The largest absolute Gasteiger partial charge is 0.444 e. The number of fused-ring (bicyclic) bond motifs is 1. The molecular weight excluding hydrogens is 206 g/mol. The van der Waals surface area contributed by atoms with Gasteiger partial charge in [-0.15, -0.1) is 0 Å². The fourth-order valence-electron chi connectivity index (χ4n) is 1.81. The maximum Gasteiger partial charge on any atom is 0.407 e. The van der Waals surface area contributed by atoms with Gasteiger partial charge in [-0.1, -0.05) is 0 Å². The maximum atomic E-state index is 11.5. The molecule has 2 heterocycles. The molecule has 0 radical (unpaired) electrons. The summed E-state index contributed by atoms with van der Waals surface area (Å²) in [6.45, 7) is 6.34. The second kappa shape index (κ2) is 3.81. The van der Waals surface area contributed by atoms with Gasteiger partial charge in [-0.3, -0.25) is 0 Å². The number of aromatic nitrogens is 2. The van der Waals surface area contributed by atoms with Crippen LogP contribution < -0.4 is 5.32 Å². The van der Waals surface area contributed by atoms with Crippen LogP contribution in [0.1, 0.15) is 26.5 Å². The third-order valence-corrected chi connectivity index (χ3v) is 2.39. The van der Waals surface area contributed by atoms with Crippen LogP contribution in [-0.4, -0.2) is 27.3 Å². The zero-order valence-electron chi connectivity index (χ0n) is 9.86. The van der Waals surface area contributed by atoms with Crippen molar-refractivity contribution in [2.24, 2.45) is 0 Å². The Labute approximate surface area is 94.8 Å². The van der Waals surface area contributed by atoms with Crippen LogP contribution in [-0.2, 0) is 17.7 Å². The summed E-state index contributed by atoms with van der Waals surface area (Å²) >= 11 is 0. The fraction of sp³-hybridized carbons (Fsp3) is 0.636. The Hall–Kier alpha value is -1.52. The topological polar surface area (TPSA) is 56.1 Å². The molecule has 0 saturated carbocycles. The van der Waals surface area contributed by atoms with Gasteiger partial charge in [0.25, 0.3) is 0 Å². The first-order valence-electron chi connectivity index (χ1n) is 5.42. The number of carbonyl (C=O) groups is 1. The molecule has 1 aromatic heterocycles. The molecule has 0 bridgehead atoms. The first-order chi connectivity index (χ1) is 7.44. The van der Waals surface area contributed by atoms with Gasteiger partial charge in [-0.25, -0.2) is 9.78 Å². The highest BCUT2D eigenvalue weighted by molar-refractivity contribution is 5.68. The number of ether oxygens (including phenoxy) is 1. The quantitative estimate of drug-likeness (QED) is 0.781. The molecule has 0 aromatic carbocycles. The van der Waals surface area contributed by atoms with Gasteiger partial charge in [0.15, 0.2) is 0 Å². The van der Waals surface area contributed by atoms with E-state index in [-0.39, 0.29) is 12.1 Å². The molecule has 1 amide bonds. The Balaban J connectivity index is 1.85. The van der Waals surface area contributed by atoms with E-state index < -0.39 is 5.60 Å². The summed E-state index contributed by atoms with van der Waals surface area (Å²) in [5, 5.41) is 2.86. The van der Waals surface area contributed by atoms with Crippen molar-refractivity contribution in [2.45, 2.75) is 45.4 Å². The molecule has 1 aliphatic heterocycles.